The minimum Gasteiger partial charge on any atom is -0.383 e. The van der Waals surface area contributed by atoms with Crippen LogP contribution in [-0.2, 0) is 21.5 Å². The van der Waals surface area contributed by atoms with E-state index in [1.165, 1.54) is 25.6 Å². The number of halogens is 1. The fraction of sp³-hybridized carbons (Fsp3) is 0.625. The lowest BCUT2D eigenvalue weighted by Crippen LogP contribution is -2.08. The highest BCUT2D eigenvalue weighted by atomic mass is 32.3. The van der Waals surface area contributed by atoms with Gasteiger partial charge >= 0.3 is 10.2 Å². The summed E-state index contributed by atoms with van der Waals surface area (Å²) in [6.07, 6.45) is 0. The van der Waals surface area contributed by atoms with Gasteiger partial charge in [0, 0.05) is 7.11 Å². The lowest BCUT2D eigenvalue weighted by atomic mass is 10.4. The SMILES string of the molecule is COCCn1nc(C)c(S(=O)(=O)F)c1C. The van der Waals surface area contributed by atoms with Gasteiger partial charge in [-0.15, -0.1) is 3.89 Å². The molecule has 1 rings (SSSR count). The first-order valence-corrected chi connectivity index (χ1v) is 5.74. The molecule has 5 nitrogen and oxygen atoms in total. The predicted octanol–water partition coefficient (Wildman–Crippen LogP) is 0.805. The molecule has 0 spiro atoms. The lowest BCUT2D eigenvalue weighted by molar-refractivity contribution is 0.182. The van der Waals surface area contributed by atoms with Gasteiger partial charge in [0.1, 0.15) is 4.90 Å². The summed E-state index contributed by atoms with van der Waals surface area (Å²) in [5.74, 6) is 0. The van der Waals surface area contributed by atoms with Crippen LogP contribution in [0.1, 0.15) is 11.4 Å². The Labute approximate surface area is 88.1 Å². The molecule has 0 amide bonds. The fourth-order valence-corrected chi connectivity index (χ4v) is 2.28. The van der Waals surface area contributed by atoms with E-state index in [0.29, 0.717) is 18.8 Å². The highest BCUT2D eigenvalue weighted by Gasteiger charge is 2.23. The highest BCUT2D eigenvalue weighted by molar-refractivity contribution is 7.86. The maximum atomic E-state index is 12.9. The van der Waals surface area contributed by atoms with Gasteiger partial charge < -0.3 is 4.74 Å². The lowest BCUT2D eigenvalue weighted by Gasteiger charge is -2.02. The highest BCUT2D eigenvalue weighted by Crippen LogP contribution is 2.21. The molecule has 1 aromatic heterocycles. The monoisotopic (exact) mass is 236 g/mol. The van der Waals surface area contributed by atoms with Crippen molar-refractivity contribution in [2.24, 2.45) is 0 Å². The molecule has 1 aromatic rings. The number of hydrogen-bond acceptors (Lipinski definition) is 4. The van der Waals surface area contributed by atoms with Crippen molar-refractivity contribution < 1.29 is 17.0 Å². The molecule has 0 aliphatic carbocycles. The molecule has 0 N–H and O–H groups in total. The number of nitrogens with zero attached hydrogens (tertiary/aromatic N) is 2. The summed E-state index contributed by atoms with van der Waals surface area (Å²) in [5.41, 5.74) is 0.471. The Hall–Kier alpha value is -0.950. The minimum atomic E-state index is -4.69. The van der Waals surface area contributed by atoms with Gasteiger partial charge in [0.15, 0.2) is 0 Å². The van der Waals surface area contributed by atoms with E-state index in [1.807, 2.05) is 0 Å². The van der Waals surface area contributed by atoms with Crippen LogP contribution in [0.15, 0.2) is 4.90 Å². The van der Waals surface area contributed by atoms with Gasteiger partial charge in [-0.25, -0.2) is 0 Å². The molecular weight excluding hydrogens is 223 g/mol. The quantitative estimate of drug-likeness (QED) is 0.726. The molecule has 0 radical (unpaired) electrons. The van der Waals surface area contributed by atoms with E-state index in [9.17, 15) is 12.3 Å². The number of rotatable bonds is 4. The second-order valence-electron chi connectivity index (χ2n) is 3.15. The van der Waals surface area contributed by atoms with E-state index in [-0.39, 0.29) is 10.6 Å². The van der Waals surface area contributed by atoms with E-state index >= 15 is 0 Å². The molecule has 0 aliphatic heterocycles. The summed E-state index contributed by atoms with van der Waals surface area (Å²) >= 11 is 0. The number of hydrogen-bond donors (Lipinski definition) is 0. The van der Waals surface area contributed by atoms with Crippen molar-refractivity contribution in [2.75, 3.05) is 13.7 Å². The predicted molar refractivity (Wildman–Crippen MR) is 51.9 cm³/mol. The minimum absolute atomic E-state index is 0.172. The molecule has 0 aliphatic rings. The molecule has 1 heterocycles. The normalized spacial score (nSPS) is 12.0. The third-order valence-electron chi connectivity index (χ3n) is 2.07. The maximum absolute atomic E-state index is 12.9. The third-order valence-corrected chi connectivity index (χ3v) is 3.14. The van der Waals surface area contributed by atoms with E-state index in [4.69, 9.17) is 4.74 Å². The van der Waals surface area contributed by atoms with Gasteiger partial charge in [-0.3, -0.25) is 4.68 Å². The largest absolute Gasteiger partial charge is 0.383 e. The molecular formula is C8H13FN2O3S. The molecule has 7 heteroatoms. The van der Waals surface area contributed by atoms with Gasteiger partial charge in [-0.2, -0.15) is 13.5 Å². The van der Waals surface area contributed by atoms with Crippen LogP contribution >= 0.6 is 0 Å². The zero-order valence-electron chi connectivity index (χ0n) is 8.82. The van der Waals surface area contributed by atoms with Crippen molar-refractivity contribution in [3.63, 3.8) is 0 Å². The fourth-order valence-electron chi connectivity index (χ4n) is 1.43. The molecule has 0 fully saturated rings. The van der Waals surface area contributed by atoms with Gasteiger partial charge in [0.05, 0.1) is 24.5 Å². The van der Waals surface area contributed by atoms with E-state index in [2.05, 4.69) is 5.10 Å². The van der Waals surface area contributed by atoms with Crippen LogP contribution in [0, 0.1) is 13.8 Å². The van der Waals surface area contributed by atoms with Crippen LogP contribution in [0.4, 0.5) is 3.89 Å². The Kier molecular flexibility index (Phi) is 3.46. The summed E-state index contributed by atoms with van der Waals surface area (Å²) in [6, 6.07) is 0. The number of aromatic nitrogens is 2. The average Bonchev–Trinajstić information content (AvgIpc) is 2.36. The zero-order chi connectivity index (χ0) is 11.6. The zero-order valence-corrected chi connectivity index (χ0v) is 9.64. The summed E-state index contributed by atoms with van der Waals surface area (Å²) in [6.45, 7) is 3.78. The molecule has 86 valence electrons. The Balaban J connectivity index is 3.15. The van der Waals surface area contributed by atoms with Crippen LogP contribution in [0.3, 0.4) is 0 Å². The number of ether oxygens (including phenoxy) is 1. The van der Waals surface area contributed by atoms with Crippen LogP contribution in [0.25, 0.3) is 0 Å². The van der Waals surface area contributed by atoms with Crippen LogP contribution in [0.5, 0.6) is 0 Å². The standard InChI is InChI=1S/C8H13FN2O3S/c1-6-8(15(9,12)13)7(2)11(10-6)4-5-14-3/h4-5H2,1-3H3. The summed E-state index contributed by atoms with van der Waals surface area (Å²) in [7, 11) is -3.17. The van der Waals surface area contributed by atoms with Crippen molar-refractivity contribution in [2.45, 2.75) is 25.3 Å². The molecule has 0 atom stereocenters. The van der Waals surface area contributed by atoms with Crippen molar-refractivity contribution >= 4 is 10.2 Å². The Morgan fingerprint density at radius 3 is 2.47 bits per heavy atom. The third kappa shape index (κ3) is 2.54. The average molecular weight is 236 g/mol. The molecule has 0 bridgehead atoms. The Morgan fingerprint density at radius 2 is 2.07 bits per heavy atom. The van der Waals surface area contributed by atoms with Crippen LogP contribution < -0.4 is 0 Å². The van der Waals surface area contributed by atoms with Gasteiger partial charge in [-0.1, -0.05) is 0 Å². The summed E-state index contributed by atoms with van der Waals surface area (Å²) in [4.78, 5) is -0.335. The Bertz CT molecular complexity index is 453. The van der Waals surface area contributed by atoms with Gasteiger partial charge in [0.25, 0.3) is 0 Å². The van der Waals surface area contributed by atoms with E-state index < -0.39 is 10.2 Å². The van der Waals surface area contributed by atoms with Crippen molar-refractivity contribution in [3.05, 3.63) is 11.4 Å². The first-order valence-electron chi connectivity index (χ1n) is 4.35. The first kappa shape index (κ1) is 12.1. The maximum Gasteiger partial charge on any atom is 0.335 e. The van der Waals surface area contributed by atoms with Crippen LogP contribution in [-0.4, -0.2) is 31.9 Å². The van der Waals surface area contributed by atoms with Crippen molar-refractivity contribution in [3.8, 4) is 0 Å². The molecule has 0 aromatic carbocycles. The van der Waals surface area contributed by atoms with Crippen molar-refractivity contribution in [1.29, 1.82) is 0 Å². The molecule has 15 heavy (non-hydrogen) atoms. The summed E-state index contributed by atoms with van der Waals surface area (Å²) < 4.78 is 40.7. The second kappa shape index (κ2) is 4.28. The summed E-state index contributed by atoms with van der Waals surface area (Å²) in [5, 5.41) is 3.93. The smallest absolute Gasteiger partial charge is 0.335 e. The number of aryl methyl sites for hydroxylation is 1. The Morgan fingerprint density at radius 1 is 1.47 bits per heavy atom. The second-order valence-corrected chi connectivity index (χ2v) is 4.44. The first-order chi connectivity index (χ1) is 6.88. The molecule has 0 saturated carbocycles. The topological polar surface area (TPSA) is 61.2 Å². The van der Waals surface area contributed by atoms with Gasteiger partial charge in [-0.05, 0) is 13.8 Å². The van der Waals surface area contributed by atoms with Crippen LogP contribution in [0.2, 0.25) is 0 Å². The molecule has 0 unspecified atom stereocenters. The van der Waals surface area contributed by atoms with E-state index in [0.717, 1.165) is 0 Å². The van der Waals surface area contributed by atoms with Crippen molar-refractivity contribution in [1.82, 2.24) is 9.78 Å². The van der Waals surface area contributed by atoms with Gasteiger partial charge in [0.2, 0.25) is 0 Å². The molecule has 0 saturated heterocycles. The number of methoxy groups -OCH3 is 1. The van der Waals surface area contributed by atoms with E-state index in [1.54, 1.807) is 0 Å².